The van der Waals surface area contributed by atoms with Crippen molar-refractivity contribution in [2.24, 2.45) is 11.8 Å². The van der Waals surface area contributed by atoms with Gasteiger partial charge in [0.15, 0.2) is 12.7 Å². The van der Waals surface area contributed by atoms with Crippen LogP contribution in [0.25, 0.3) is 0 Å². The Labute approximate surface area is 362 Å². The van der Waals surface area contributed by atoms with Crippen LogP contribution in [-0.4, -0.2) is 71.5 Å². The number of ether oxygens (including phenoxy) is 2. The molecule has 1 aliphatic rings. The number of nitrogens with zero attached hydrogens (tertiary/aromatic N) is 4. The monoisotopic (exact) mass is 878 g/mol. The van der Waals surface area contributed by atoms with Crippen molar-refractivity contribution in [1.82, 2.24) is 15.1 Å². The minimum Gasteiger partial charge on any atom is -0.497 e. The number of esters is 1. The maximum atomic E-state index is 15.6. The van der Waals surface area contributed by atoms with Gasteiger partial charge in [-0.1, -0.05) is 147 Å². The van der Waals surface area contributed by atoms with Crippen LogP contribution in [0, 0.1) is 23.2 Å². The van der Waals surface area contributed by atoms with Crippen LogP contribution in [0.1, 0.15) is 39.7 Å². The van der Waals surface area contributed by atoms with Gasteiger partial charge in [0.1, 0.15) is 29.1 Å². The zero-order valence-electron chi connectivity index (χ0n) is 35.0. The molecule has 0 unspecified atom stereocenters. The maximum absolute atomic E-state index is 15.6. The number of ketones is 1. The van der Waals surface area contributed by atoms with Gasteiger partial charge in [0.25, 0.3) is 0 Å². The van der Waals surface area contributed by atoms with Crippen LogP contribution in [0.2, 0.25) is 18.1 Å². The number of hydrogen-bond donors (Lipinski definition) is 0. The predicted octanol–water partition coefficient (Wildman–Crippen LogP) is 7.84. The number of methoxy groups -OCH3 is 1. The van der Waals surface area contributed by atoms with Crippen LogP contribution >= 0.6 is 30.0 Å². The zero-order chi connectivity index (χ0) is 43.1. The molecule has 0 aliphatic carbocycles. The number of Topliss-reactive ketones (excluding diaryl/α,β-unsaturated/α-hetero) is 1. The highest BCUT2D eigenvalue weighted by atomic mass is 32.2. The molecule has 0 spiro atoms. The van der Waals surface area contributed by atoms with Crippen molar-refractivity contribution < 1.29 is 28.3 Å². The maximum Gasteiger partial charge on any atom is 0.356 e. The predicted molar refractivity (Wildman–Crippen MR) is 244 cm³/mol. The first-order valence-electron chi connectivity index (χ1n) is 19.8. The van der Waals surface area contributed by atoms with E-state index in [9.17, 15) is 10.1 Å². The number of hydrogen-bond acceptors (Lipinski definition) is 11. The average Bonchev–Trinajstić information content (AvgIpc) is 3.78. The summed E-state index contributed by atoms with van der Waals surface area (Å²) in [5.41, 5.74) is 2.46. The summed E-state index contributed by atoms with van der Waals surface area (Å²) >= 11 is 2.56. The SMILES string of the molecule is COc1ccc(COC(=O)C(N2C(=O)[C@H]([C@@H](C)O[Si](C)(C)C(C)(C)C)[C@H]2[C@H](CC#N)C(=O)CSc2nncs2)=P(c2ccccc2)(c2ccccc2)c2ccccc2)cc1. The van der Waals surface area contributed by atoms with Gasteiger partial charge < -0.3 is 18.8 Å². The van der Waals surface area contributed by atoms with Crippen molar-refractivity contribution in [3.63, 3.8) is 0 Å². The highest BCUT2D eigenvalue weighted by molar-refractivity contribution is 8.01. The largest absolute Gasteiger partial charge is 0.497 e. The molecule has 4 aromatic carbocycles. The number of thioether (sulfide) groups is 1. The van der Waals surface area contributed by atoms with E-state index in [1.165, 1.54) is 28.0 Å². The Morgan fingerprint density at radius 2 is 1.47 bits per heavy atom. The van der Waals surface area contributed by atoms with E-state index in [2.05, 4.69) is 50.1 Å². The van der Waals surface area contributed by atoms with Crippen molar-refractivity contribution in [3.8, 4) is 11.8 Å². The van der Waals surface area contributed by atoms with E-state index in [1.807, 2.05) is 110 Å². The first-order valence-corrected chi connectivity index (χ1v) is 26.3. The highest BCUT2D eigenvalue weighted by Crippen LogP contribution is 2.51. The number of β-lactam (4-membered cyclic amide) rings is 1. The first-order chi connectivity index (χ1) is 28.7. The molecule has 1 saturated heterocycles. The van der Waals surface area contributed by atoms with E-state index >= 15 is 9.59 Å². The molecule has 1 aromatic heterocycles. The molecule has 0 saturated carbocycles. The lowest BCUT2D eigenvalue weighted by atomic mass is 9.73. The summed E-state index contributed by atoms with van der Waals surface area (Å²) in [6.45, 7) is 9.10. The Morgan fingerprint density at radius 3 is 1.93 bits per heavy atom. The van der Waals surface area contributed by atoms with Crippen LogP contribution < -0.4 is 20.7 Å². The molecule has 14 heteroatoms. The van der Waals surface area contributed by atoms with E-state index in [-0.39, 0.29) is 40.9 Å². The van der Waals surface area contributed by atoms with Crippen molar-refractivity contribution >= 4 is 77.3 Å². The fraction of sp³-hybridized carbons (Fsp3) is 0.326. The van der Waals surface area contributed by atoms with E-state index < -0.39 is 45.2 Å². The molecular weight excluding hydrogens is 828 g/mol. The quantitative estimate of drug-likeness (QED) is 0.0299. The number of amides is 1. The lowest BCUT2D eigenvalue weighted by molar-refractivity contribution is -0.161. The second-order valence-corrected chi connectivity index (χ2v) is 26.3. The van der Waals surface area contributed by atoms with E-state index in [4.69, 9.17) is 13.9 Å². The number of carbonyl (C=O) groups excluding carboxylic acids is 3. The Kier molecular flexibility index (Phi) is 14.4. The Hall–Kier alpha value is -4.83. The third kappa shape index (κ3) is 9.24. The summed E-state index contributed by atoms with van der Waals surface area (Å²) in [6.07, 6.45) is -0.825. The number of likely N-dealkylation sites (tertiary alicyclic amines) is 1. The zero-order valence-corrected chi connectivity index (χ0v) is 38.5. The smallest absolute Gasteiger partial charge is 0.356 e. The van der Waals surface area contributed by atoms with Gasteiger partial charge in [-0.2, -0.15) is 5.26 Å². The van der Waals surface area contributed by atoms with Crippen molar-refractivity contribution in [2.45, 2.75) is 75.3 Å². The molecule has 312 valence electrons. The van der Waals surface area contributed by atoms with Gasteiger partial charge in [0, 0.05) is 13.3 Å². The molecule has 2 heterocycles. The number of aromatic nitrogens is 2. The summed E-state index contributed by atoms with van der Waals surface area (Å²) in [7, 11) is -0.881. The minimum absolute atomic E-state index is 0.00213. The van der Waals surface area contributed by atoms with Crippen LogP contribution in [0.5, 0.6) is 5.75 Å². The normalized spacial score (nSPS) is 16.6. The lowest BCUT2D eigenvalue weighted by Crippen LogP contribution is -2.72. The van der Waals surface area contributed by atoms with Crippen LogP contribution in [0.15, 0.2) is 125 Å². The highest BCUT2D eigenvalue weighted by Gasteiger charge is 2.60. The summed E-state index contributed by atoms with van der Waals surface area (Å²) in [5.74, 6) is -2.46. The molecule has 5 aromatic rings. The molecule has 1 fully saturated rings. The van der Waals surface area contributed by atoms with Gasteiger partial charge in [-0.15, -0.1) is 10.2 Å². The topological polar surface area (TPSA) is 132 Å². The van der Waals surface area contributed by atoms with Crippen molar-refractivity contribution in [2.75, 3.05) is 12.9 Å². The molecule has 0 N–H and O–H groups in total. The third-order valence-electron chi connectivity index (χ3n) is 11.5. The molecular formula is C46H51N4O6PS2Si. The summed E-state index contributed by atoms with van der Waals surface area (Å²) in [4.78, 5) is 47.2. The molecule has 4 atom stereocenters. The molecule has 10 nitrogen and oxygen atoms in total. The molecule has 1 amide bonds. The number of nitriles is 1. The van der Waals surface area contributed by atoms with Crippen LogP contribution in [0.3, 0.4) is 0 Å². The van der Waals surface area contributed by atoms with Gasteiger partial charge >= 0.3 is 5.97 Å². The summed E-state index contributed by atoms with van der Waals surface area (Å²) in [5, 5.41) is 20.7. The Balaban J connectivity index is 1.64. The Bertz CT molecular complexity index is 2250. The van der Waals surface area contributed by atoms with Crippen LogP contribution in [-0.2, 0) is 30.2 Å². The van der Waals surface area contributed by atoms with Gasteiger partial charge in [-0.05, 0) is 58.7 Å². The van der Waals surface area contributed by atoms with E-state index in [0.29, 0.717) is 10.1 Å². The van der Waals surface area contributed by atoms with Gasteiger partial charge in [-0.25, -0.2) is 4.79 Å². The summed E-state index contributed by atoms with van der Waals surface area (Å²) in [6, 6.07) is 37.8. The lowest BCUT2D eigenvalue weighted by Gasteiger charge is -2.54. The fourth-order valence-electron chi connectivity index (χ4n) is 7.49. The second kappa shape index (κ2) is 19.3. The second-order valence-electron chi connectivity index (χ2n) is 16.2. The first kappa shape index (κ1) is 44.7. The third-order valence-corrected chi connectivity index (χ3v) is 22.2. The summed E-state index contributed by atoms with van der Waals surface area (Å²) < 4.78 is 19.2. The molecule has 0 bridgehead atoms. The van der Waals surface area contributed by atoms with Gasteiger partial charge in [0.05, 0.1) is 42.9 Å². The number of carbonyl (C=O) groups is 3. The van der Waals surface area contributed by atoms with Gasteiger partial charge in [0.2, 0.25) is 5.91 Å². The van der Waals surface area contributed by atoms with Crippen molar-refractivity contribution in [1.29, 1.82) is 5.26 Å². The van der Waals surface area contributed by atoms with E-state index in [1.54, 1.807) is 24.8 Å². The van der Waals surface area contributed by atoms with Crippen molar-refractivity contribution in [3.05, 3.63) is 126 Å². The molecule has 0 radical (unpaired) electrons. The molecule has 60 heavy (non-hydrogen) atoms. The number of rotatable bonds is 17. The van der Waals surface area contributed by atoms with Crippen LogP contribution in [0.4, 0.5) is 0 Å². The average molecular weight is 879 g/mol. The Morgan fingerprint density at radius 1 is 0.917 bits per heavy atom. The number of benzene rings is 4. The van der Waals surface area contributed by atoms with E-state index in [0.717, 1.165) is 21.5 Å². The molecule has 1 aliphatic heterocycles. The standard InChI is InChI=1S/C46H51N4O6PS2Si/c1-32(56-60(6,7)46(2,3)4)40-41(38(27-28-47)39(51)30-58-45-49-48-31-59-45)50(42(40)52)43(44(53)55-29-33-23-25-34(54-5)26-24-33)57(35-17-11-8-12-18-35,36-19-13-9-14-20-36)37-21-15-10-16-22-37/h8-26,31-32,38,40-41H,27,29-30H2,1-7H3/t32-,38-,40-,41-/m1/s1. The molecule has 6 rings (SSSR count). The van der Waals surface area contributed by atoms with Gasteiger partial charge in [-0.3, -0.25) is 9.59 Å². The fourth-order valence-corrected chi connectivity index (χ4v) is 14.7. The minimum atomic E-state index is -3.34.